The van der Waals surface area contributed by atoms with Gasteiger partial charge < -0.3 is 4.74 Å². The summed E-state index contributed by atoms with van der Waals surface area (Å²) < 4.78 is 37.0. The van der Waals surface area contributed by atoms with E-state index in [9.17, 15) is 8.42 Å². The third kappa shape index (κ3) is 2.98. The summed E-state index contributed by atoms with van der Waals surface area (Å²) in [4.78, 5) is 8.10. The molecule has 1 heterocycles. The molecular weight excluding hydrogens is 340 g/mol. The molecule has 0 unspecified atom stereocenters. The second-order valence-electron chi connectivity index (χ2n) is 4.72. The standard InChI is InChI=1S/C15H11ClN2O4S/c1-22-14-6-9(16)2-4-12(14)15-11-5-3-10(23(19,20)21)7-13(11)17-8-18-15/h2-8H,1H3,(H,19,20,21). The van der Waals surface area contributed by atoms with E-state index in [1.165, 1.54) is 25.6 Å². The first kappa shape index (κ1) is 15.7. The van der Waals surface area contributed by atoms with Gasteiger partial charge in [-0.1, -0.05) is 11.6 Å². The van der Waals surface area contributed by atoms with Gasteiger partial charge in [-0.15, -0.1) is 0 Å². The van der Waals surface area contributed by atoms with Crippen LogP contribution in [0.15, 0.2) is 47.6 Å². The highest BCUT2D eigenvalue weighted by Crippen LogP contribution is 2.35. The Balaban J connectivity index is 2.27. The first-order valence-corrected chi connectivity index (χ1v) is 8.28. The summed E-state index contributed by atoms with van der Waals surface area (Å²) in [7, 11) is -2.77. The molecule has 1 aromatic heterocycles. The first-order chi connectivity index (χ1) is 10.9. The number of halogens is 1. The second-order valence-corrected chi connectivity index (χ2v) is 6.58. The van der Waals surface area contributed by atoms with Crippen LogP contribution in [0.4, 0.5) is 0 Å². The Hall–Kier alpha value is -2.22. The summed E-state index contributed by atoms with van der Waals surface area (Å²) in [6, 6.07) is 9.27. The minimum Gasteiger partial charge on any atom is -0.496 e. The molecule has 0 aliphatic rings. The van der Waals surface area contributed by atoms with Crippen LogP contribution in [0.25, 0.3) is 22.2 Å². The van der Waals surface area contributed by atoms with E-state index in [1.54, 1.807) is 24.3 Å². The predicted molar refractivity (Wildman–Crippen MR) is 86.4 cm³/mol. The molecule has 0 radical (unpaired) electrons. The first-order valence-electron chi connectivity index (χ1n) is 6.46. The SMILES string of the molecule is COc1cc(Cl)ccc1-c1ncnc2cc(S(=O)(=O)O)ccc12. The van der Waals surface area contributed by atoms with Crippen LogP contribution in [0.5, 0.6) is 5.75 Å². The van der Waals surface area contributed by atoms with Crippen LogP contribution in [0.3, 0.4) is 0 Å². The molecule has 118 valence electrons. The van der Waals surface area contributed by atoms with Crippen LogP contribution in [-0.2, 0) is 10.1 Å². The van der Waals surface area contributed by atoms with Gasteiger partial charge in [-0.3, -0.25) is 4.55 Å². The largest absolute Gasteiger partial charge is 0.496 e. The molecule has 0 saturated heterocycles. The van der Waals surface area contributed by atoms with E-state index in [0.717, 1.165) is 0 Å². The van der Waals surface area contributed by atoms with Crippen molar-refractivity contribution in [1.82, 2.24) is 9.97 Å². The van der Waals surface area contributed by atoms with Crippen LogP contribution >= 0.6 is 11.6 Å². The van der Waals surface area contributed by atoms with Crippen molar-refractivity contribution in [2.45, 2.75) is 4.90 Å². The Morgan fingerprint density at radius 3 is 2.61 bits per heavy atom. The van der Waals surface area contributed by atoms with Gasteiger partial charge in [0.15, 0.2) is 0 Å². The molecule has 2 aromatic carbocycles. The fraction of sp³-hybridized carbons (Fsp3) is 0.0667. The van der Waals surface area contributed by atoms with Gasteiger partial charge in [0.05, 0.1) is 23.2 Å². The van der Waals surface area contributed by atoms with Gasteiger partial charge in [0, 0.05) is 16.0 Å². The molecule has 0 atom stereocenters. The van der Waals surface area contributed by atoms with Crippen molar-refractivity contribution in [3.8, 4) is 17.0 Å². The van der Waals surface area contributed by atoms with Crippen LogP contribution in [0, 0.1) is 0 Å². The van der Waals surface area contributed by atoms with Crippen molar-refractivity contribution in [2.24, 2.45) is 0 Å². The number of ether oxygens (including phenoxy) is 1. The monoisotopic (exact) mass is 350 g/mol. The van der Waals surface area contributed by atoms with E-state index in [0.29, 0.717) is 32.9 Å². The van der Waals surface area contributed by atoms with Gasteiger partial charge in [-0.2, -0.15) is 8.42 Å². The minimum absolute atomic E-state index is 0.224. The van der Waals surface area contributed by atoms with Gasteiger partial charge in [0.25, 0.3) is 10.1 Å². The zero-order valence-electron chi connectivity index (χ0n) is 11.9. The quantitative estimate of drug-likeness (QED) is 0.729. The molecule has 0 fully saturated rings. The van der Waals surface area contributed by atoms with E-state index in [1.807, 2.05) is 0 Å². The lowest BCUT2D eigenvalue weighted by atomic mass is 10.1. The third-order valence-corrected chi connectivity index (χ3v) is 4.41. The Kier molecular flexibility index (Phi) is 3.93. The topological polar surface area (TPSA) is 89.4 Å². The molecule has 1 N–H and O–H groups in total. The fourth-order valence-corrected chi connectivity index (χ4v) is 2.94. The average molecular weight is 351 g/mol. The molecule has 0 saturated carbocycles. The number of methoxy groups -OCH3 is 1. The highest BCUT2D eigenvalue weighted by molar-refractivity contribution is 7.85. The molecular formula is C15H11ClN2O4S. The highest BCUT2D eigenvalue weighted by Gasteiger charge is 2.15. The summed E-state index contributed by atoms with van der Waals surface area (Å²) >= 11 is 5.97. The molecule has 0 spiro atoms. The van der Waals surface area contributed by atoms with E-state index in [-0.39, 0.29) is 4.90 Å². The lowest BCUT2D eigenvalue weighted by Crippen LogP contribution is -1.99. The molecule has 23 heavy (non-hydrogen) atoms. The number of hydrogen-bond donors (Lipinski definition) is 1. The Morgan fingerprint density at radius 2 is 1.91 bits per heavy atom. The number of benzene rings is 2. The lowest BCUT2D eigenvalue weighted by Gasteiger charge is -2.10. The van der Waals surface area contributed by atoms with Crippen molar-refractivity contribution < 1.29 is 17.7 Å². The van der Waals surface area contributed by atoms with Crippen molar-refractivity contribution in [3.63, 3.8) is 0 Å². The van der Waals surface area contributed by atoms with Crippen LogP contribution in [0.1, 0.15) is 0 Å². The Bertz CT molecular complexity index is 1010. The minimum atomic E-state index is -4.29. The lowest BCUT2D eigenvalue weighted by molar-refractivity contribution is 0.416. The van der Waals surface area contributed by atoms with Gasteiger partial charge in [-0.05, 0) is 36.4 Å². The third-order valence-electron chi connectivity index (χ3n) is 3.32. The second kappa shape index (κ2) is 5.77. The maximum absolute atomic E-state index is 11.2. The van der Waals surface area contributed by atoms with Crippen LogP contribution < -0.4 is 4.74 Å². The molecule has 0 aliphatic carbocycles. The number of hydrogen-bond acceptors (Lipinski definition) is 5. The summed E-state index contributed by atoms with van der Waals surface area (Å²) in [5.41, 5.74) is 1.66. The maximum atomic E-state index is 11.2. The number of rotatable bonds is 3. The molecule has 0 aliphatic heterocycles. The van der Waals surface area contributed by atoms with Crippen molar-refractivity contribution in [1.29, 1.82) is 0 Å². The molecule has 0 amide bonds. The number of aromatic nitrogens is 2. The van der Waals surface area contributed by atoms with Gasteiger partial charge in [-0.25, -0.2) is 9.97 Å². The van der Waals surface area contributed by atoms with Crippen LogP contribution in [0.2, 0.25) is 5.02 Å². The molecule has 0 bridgehead atoms. The van der Waals surface area contributed by atoms with Gasteiger partial charge >= 0.3 is 0 Å². The van der Waals surface area contributed by atoms with Crippen molar-refractivity contribution in [2.75, 3.05) is 7.11 Å². The summed E-state index contributed by atoms with van der Waals surface area (Å²) in [6.45, 7) is 0. The van der Waals surface area contributed by atoms with Crippen LogP contribution in [-0.4, -0.2) is 30.0 Å². The summed E-state index contributed by atoms with van der Waals surface area (Å²) in [5, 5.41) is 1.15. The zero-order valence-corrected chi connectivity index (χ0v) is 13.5. The Labute approximate surface area is 137 Å². The van der Waals surface area contributed by atoms with Gasteiger partial charge in [0.2, 0.25) is 0 Å². The Morgan fingerprint density at radius 1 is 1.13 bits per heavy atom. The normalized spacial score (nSPS) is 11.6. The molecule has 3 aromatic rings. The highest BCUT2D eigenvalue weighted by atomic mass is 35.5. The maximum Gasteiger partial charge on any atom is 0.294 e. The fourth-order valence-electron chi connectivity index (χ4n) is 2.27. The van der Waals surface area contributed by atoms with Crippen molar-refractivity contribution in [3.05, 3.63) is 47.7 Å². The van der Waals surface area contributed by atoms with E-state index in [4.69, 9.17) is 20.9 Å². The zero-order chi connectivity index (χ0) is 16.6. The van der Waals surface area contributed by atoms with Gasteiger partial charge in [0.1, 0.15) is 12.1 Å². The number of fused-ring (bicyclic) bond motifs is 1. The summed E-state index contributed by atoms with van der Waals surface area (Å²) in [5.74, 6) is 0.538. The predicted octanol–water partition coefficient (Wildman–Crippen LogP) is 3.21. The van der Waals surface area contributed by atoms with Crippen molar-refractivity contribution >= 4 is 32.6 Å². The smallest absolute Gasteiger partial charge is 0.294 e. The van der Waals surface area contributed by atoms with E-state index in [2.05, 4.69) is 9.97 Å². The van der Waals surface area contributed by atoms with E-state index >= 15 is 0 Å². The average Bonchev–Trinajstić information content (AvgIpc) is 2.53. The molecule has 3 rings (SSSR count). The molecule has 6 nitrogen and oxygen atoms in total. The van der Waals surface area contributed by atoms with E-state index < -0.39 is 10.1 Å². The molecule has 8 heteroatoms. The number of nitrogens with zero attached hydrogens (tertiary/aromatic N) is 2. The summed E-state index contributed by atoms with van der Waals surface area (Å²) in [6.07, 6.45) is 1.32.